The number of hydrogen-bond donors (Lipinski definition) is 1. The van der Waals surface area contributed by atoms with Gasteiger partial charge in [0.25, 0.3) is 0 Å². The third-order valence-electron chi connectivity index (χ3n) is 4.84. The number of aliphatic hydroxyl groups is 1. The highest BCUT2D eigenvalue weighted by Crippen LogP contribution is 2.42. The normalized spacial score (nSPS) is 26.8. The van der Waals surface area contributed by atoms with Gasteiger partial charge in [-0.05, 0) is 50.8 Å². The molecule has 0 amide bonds. The quantitative estimate of drug-likeness (QED) is 0.860. The van der Waals surface area contributed by atoms with Crippen molar-refractivity contribution >= 4 is 5.71 Å². The number of nitrogens with zero attached hydrogens (tertiary/aromatic N) is 2. The van der Waals surface area contributed by atoms with Crippen molar-refractivity contribution in [2.45, 2.75) is 44.8 Å². The molecule has 1 atom stereocenters. The highest BCUT2D eigenvalue weighted by Gasteiger charge is 2.55. The molecule has 0 aromatic heterocycles. The van der Waals surface area contributed by atoms with Crippen LogP contribution in [-0.4, -0.2) is 34.4 Å². The van der Waals surface area contributed by atoms with Gasteiger partial charge < -0.3 is 14.8 Å². The second kappa shape index (κ2) is 6.44. The molecule has 4 heteroatoms. The first-order valence-corrected chi connectivity index (χ1v) is 8.58. The summed E-state index contributed by atoms with van der Waals surface area (Å²) in [6.07, 6.45) is 8.55. The molecule has 0 spiro atoms. The molecule has 1 fully saturated rings. The fraction of sp³-hybridized carbons (Fsp3) is 0.450. The molecule has 24 heavy (non-hydrogen) atoms. The van der Waals surface area contributed by atoms with E-state index in [1.165, 1.54) is 12.8 Å². The smallest absolute Gasteiger partial charge is 0.176 e. The van der Waals surface area contributed by atoms with E-state index in [4.69, 9.17) is 4.84 Å². The van der Waals surface area contributed by atoms with Gasteiger partial charge in [0.2, 0.25) is 0 Å². The Kier molecular flexibility index (Phi) is 4.50. The monoisotopic (exact) mass is 326 g/mol. The van der Waals surface area contributed by atoms with E-state index in [-0.39, 0.29) is 0 Å². The Morgan fingerprint density at radius 2 is 1.88 bits per heavy atom. The Morgan fingerprint density at radius 1 is 1.21 bits per heavy atom. The summed E-state index contributed by atoms with van der Waals surface area (Å²) in [6, 6.07) is 9.59. The van der Waals surface area contributed by atoms with E-state index in [1.807, 2.05) is 56.3 Å². The zero-order valence-corrected chi connectivity index (χ0v) is 14.7. The van der Waals surface area contributed by atoms with Crippen LogP contribution in [0.25, 0.3) is 0 Å². The molecular formula is C20H26N2O2. The fourth-order valence-electron chi connectivity index (χ4n) is 3.34. The van der Waals surface area contributed by atoms with Crippen LogP contribution in [0.15, 0.2) is 59.4 Å². The molecule has 0 bridgehead atoms. The number of likely N-dealkylation sites (tertiary alicyclic amines) is 1. The third kappa shape index (κ3) is 2.98. The summed E-state index contributed by atoms with van der Waals surface area (Å²) in [5, 5.41) is 15.6. The van der Waals surface area contributed by atoms with Gasteiger partial charge in [0.15, 0.2) is 11.2 Å². The first-order valence-electron chi connectivity index (χ1n) is 8.58. The van der Waals surface area contributed by atoms with Crippen LogP contribution in [0, 0.1) is 0 Å². The van der Waals surface area contributed by atoms with E-state index in [9.17, 15) is 5.11 Å². The largest absolute Gasteiger partial charge is 0.386 e. The zero-order chi connectivity index (χ0) is 17.2. The molecule has 0 saturated carbocycles. The molecule has 1 unspecified atom stereocenters. The van der Waals surface area contributed by atoms with E-state index >= 15 is 0 Å². The predicted molar refractivity (Wildman–Crippen MR) is 96.6 cm³/mol. The van der Waals surface area contributed by atoms with Crippen LogP contribution in [0.5, 0.6) is 0 Å². The molecule has 1 aromatic rings. The van der Waals surface area contributed by atoms with Crippen molar-refractivity contribution in [3.05, 3.63) is 59.8 Å². The molecule has 3 rings (SSSR count). The molecule has 128 valence electrons. The minimum atomic E-state index is -1.27. The molecule has 0 radical (unpaired) electrons. The molecule has 2 aliphatic rings. The van der Waals surface area contributed by atoms with Crippen LogP contribution in [0.1, 0.15) is 39.2 Å². The van der Waals surface area contributed by atoms with E-state index in [2.05, 4.69) is 23.2 Å². The second-order valence-corrected chi connectivity index (χ2v) is 7.10. The van der Waals surface area contributed by atoms with Gasteiger partial charge in [0, 0.05) is 19.3 Å². The first kappa shape index (κ1) is 16.8. The van der Waals surface area contributed by atoms with Gasteiger partial charge in [0.05, 0.1) is 0 Å². The van der Waals surface area contributed by atoms with Gasteiger partial charge in [-0.3, -0.25) is 0 Å². The van der Waals surface area contributed by atoms with Gasteiger partial charge >= 0.3 is 0 Å². The van der Waals surface area contributed by atoms with E-state index in [1.54, 1.807) is 0 Å². The molecular weight excluding hydrogens is 300 g/mol. The summed E-state index contributed by atoms with van der Waals surface area (Å²) in [5.41, 5.74) is 0.379. The maximum atomic E-state index is 11.4. The maximum Gasteiger partial charge on any atom is 0.176 e. The summed E-state index contributed by atoms with van der Waals surface area (Å²) in [5.74, 6) is 0. The van der Waals surface area contributed by atoms with E-state index in [0.29, 0.717) is 5.71 Å². The van der Waals surface area contributed by atoms with Crippen LogP contribution in [0.2, 0.25) is 0 Å². The predicted octanol–water partition coefficient (Wildman–Crippen LogP) is 3.59. The zero-order valence-electron chi connectivity index (χ0n) is 14.7. The van der Waals surface area contributed by atoms with Gasteiger partial charge in [-0.15, -0.1) is 0 Å². The Balaban J connectivity index is 1.85. The number of hydrogen-bond acceptors (Lipinski definition) is 4. The number of oxime groups is 1. The van der Waals surface area contributed by atoms with Crippen molar-refractivity contribution in [3.63, 3.8) is 0 Å². The fourth-order valence-corrected chi connectivity index (χ4v) is 3.34. The maximum absolute atomic E-state index is 11.4. The van der Waals surface area contributed by atoms with Crippen LogP contribution >= 0.6 is 0 Å². The van der Waals surface area contributed by atoms with Crippen molar-refractivity contribution in [3.8, 4) is 0 Å². The highest BCUT2D eigenvalue weighted by molar-refractivity contribution is 6.04. The molecule has 1 N–H and O–H groups in total. The number of allylic oxidation sites excluding steroid dienone is 2. The SMILES string of the molecule is CC(/C=C/C1=NOC(C)(C)C1(O)c1ccccc1)=C\N1CCCC1. The number of rotatable bonds is 4. The standard InChI is InChI=1S/C20H26N2O2/c1-16(15-22-13-7-8-14-22)11-12-18-20(23,19(2,3)24-21-18)17-9-5-4-6-10-17/h4-6,9-12,15,23H,7-8,13-14H2,1-3H3/b12-11+,16-15+. The molecule has 1 saturated heterocycles. The van der Waals surface area contributed by atoms with Crippen molar-refractivity contribution in [2.24, 2.45) is 5.16 Å². The lowest BCUT2D eigenvalue weighted by Gasteiger charge is -2.34. The molecule has 2 aliphatic heterocycles. The van der Waals surface area contributed by atoms with Gasteiger partial charge in [-0.2, -0.15) is 0 Å². The van der Waals surface area contributed by atoms with Crippen molar-refractivity contribution in [1.29, 1.82) is 0 Å². The number of benzene rings is 1. The Labute approximate surface area is 144 Å². The van der Waals surface area contributed by atoms with Gasteiger partial charge in [-0.25, -0.2) is 0 Å². The summed E-state index contributed by atoms with van der Waals surface area (Å²) in [4.78, 5) is 7.88. The third-order valence-corrected chi connectivity index (χ3v) is 4.84. The highest BCUT2D eigenvalue weighted by atomic mass is 16.7. The van der Waals surface area contributed by atoms with Crippen molar-refractivity contribution in [1.82, 2.24) is 4.90 Å². The summed E-state index contributed by atoms with van der Waals surface area (Å²) in [7, 11) is 0. The minimum Gasteiger partial charge on any atom is -0.386 e. The summed E-state index contributed by atoms with van der Waals surface area (Å²) >= 11 is 0. The Bertz CT molecular complexity index is 670. The summed E-state index contributed by atoms with van der Waals surface area (Å²) < 4.78 is 0. The molecule has 2 heterocycles. The first-order chi connectivity index (χ1) is 11.4. The topological polar surface area (TPSA) is 45.1 Å². The average molecular weight is 326 g/mol. The lowest BCUT2D eigenvalue weighted by molar-refractivity contribution is -0.106. The van der Waals surface area contributed by atoms with Crippen LogP contribution in [-0.2, 0) is 10.4 Å². The summed E-state index contributed by atoms with van der Waals surface area (Å²) in [6.45, 7) is 8.03. The van der Waals surface area contributed by atoms with Crippen LogP contribution in [0.3, 0.4) is 0 Å². The Hall–Kier alpha value is -2.07. The molecule has 0 aliphatic carbocycles. The molecule has 4 nitrogen and oxygen atoms in total. The second-order valence-electron chi connectivity index (χ2n) is 7.10. The van der Waals surface area contributed by atoms with E-state index in [0.717, 1.165) is 24.2 Å². The van der Waals surface area contributed by atoms with E-state index < -0.39 is 11.2 Å². The van der Waals surface area contributed by atoms with Gasteiger partial charge in [0.1, 0.15) is 5.71 Å². The van der Waals surface area contributed by atoms with Crippen molar-refractivity contribution in [2.75, 3.05) is 13.1 Å². The lowest BCUT2D eigenvalue weighted by Crippen LogP contribution is -2.49. The van der Waals surface area contributed by atoms with Crippen LogP contribution in [0.4, 0.5) is 0 Å². The minimum absolute atomic E-state index is 0.535. The van der Waals surface area contributed by atoms with Crippen LogP contribution < -0.4 is 0 Å². The Morgan fingerprint density at radius 3 is 2.54 bits per heavy atom. The average Bonchev–Trinajstić information content (AvgIpc) is 3.15. The van der Waals surface area contributed by atoms with Gasteiger partial charge in [-0.1, -0.05) is 41.6 Å². The molecule has 1 aromatic carbocycles. The lowest BCUT2D eigenvalue weighted by atomic mass is 9.76. The van der Waals surface area contributed by atoms with Crippen molar-refractivity contribution < 1.29 is 9.94 Å².